The third-order valence-electron chi connectivity index (χ3n) is 12.9. The van der Waals surface area contributed by atoms with Crippen LogP contribution in [0.5, 0.6) is 0 Å². The summed E-state index contributed by atoms with van der Waals surface area (Å²) in [6.45, 7) is 12.0. The number of esters is 1. The predicted molar refractivity (Wildman–Crippen MR) is 216 cm³/mol. The zero-order valence-electron chi connectivity index (χ0n) is 36.3. The molecular weight excluding hydrogens is 762 g/mol. The van der Waals surface area contributed by atoms with Gasteiger partial charge in [-0.15, -0.1) is 0 Å². The number of rotatable bonds is 12. The molecule has 2 aromatic heterocycles. The highest BCUT2D eigenvalue weighted by Crippen LogP contribution is 2.43. The van der Waals surface area contributed by atoms with E-state index in [4.69, 9.17) is 23.7 Å². The van der Waals surface area contributed by atoms with Crippen molar-refractivity contribution >= 4 is 23.6 Å². The first-order chi connectivity index (χ1) is 27.9. The number of likely N-dealkylation sites (N-methyl/N-ethyl adjacent to an activating group) is 1. The summed E-state index contributed by atoms with van der Waals surface area (Å²) in [7, 11) is 5.19. The molecule has 0 aromatic carbocycles. The number of aliphatic hydroxyl groups is 2. The average molecular weight is 828 g/mol. The van der Waals surface area contributed by atoms with Crippen molar-refractivity contribution in [1.82, 2.24) is 24.3 Å². The minimum atomic E-state index is -1.80. The molecule has 16 nitrogen and oxygen atoms in total. The Morgan fingerprint density at radius 2 is 1.75 bits per heavy atom. The second-order valence-corrected chi connectivity index (χ2v) is 17.3. The molecule has 0 radical (unpaired) electrons. The molecule has 13 atom stereocenters. The number of methoxy groups -OCH3 is 1. The summed E-state index contributed by atoms with van der Waals surface area (Å²) in [6.07, 6.45) is 3.51. The van der Waals surface area contributed by atoms with Crippen LogP contribution >= 0.6 is 0 Å². The maximum atomic E-state index is 14.7. The average Bonchev–Trinajstić information content (AvgIpc) is 3.82. The van der Waals surface area contributed by atoms with E-state index in [9.17, 15) is 29.4 Å². The van der Waals surface area contributed by atoms with Crippen molar-refractivity contribution in [2.45, 2.75) is 141 Å². The number of Topliss-reactive ketones (excluding diaryl/α,β-unsaturated/α-hetero) is 2. The number of nitrogens with zero attached hydrogens (tertiary/aromatic N) is 5. The molecule has 0 unspecified atom stereocenters. The van der Waals surface area contributed by atoms with Gasteiger partial charge in [0.05, 0.1) is 42.5 Å². The molecule has 0 aliphatic carbocycles. The van der Waals surface area contributed by atoms with E-state index in [1.54, 1.807) is 53.3 Å². The number of cyclic esters (lactones) is 1. The molecule has 0 spiro atoms. The highest BCUT2D eigenvalue weighted by atomic mass is 16.7. The summed E-state index contributed by atoms with van der Waals surface area (Å²) < 4.78 is 33.0. The minimum Gasteiger partial charge on any atom is -0.457 e. The van der Waals surface area contributed by atoms with Crippen molar-refractivity contribution in [2.24, 2.45) is 23.7 Å². The molecule has 5 rings (SSSR count). The largest absolute Gasteiger partial charge is 0.457 e. The standard InChI is InChI=1S/C43H65N5O11/c1-11-33-43(23-49)37(48(41(54)59-43)18-13-12-17-47-22-31(45-24-47)30-15-14-16-44-21-30)27(4)34(50)25(2)20-42(7,55-10)38(28(5)35(51)29(6)39(53)57-33)58-40-36(52)32(46(8)9)19-26(3)56-40/h14-16,21-22,24-29,32-33,36-38,40,49,52H,11-13,17-20,23H2,1-10H3/t25-,26-,27+,28+,29-,32+,33-,36-,37-,38-,40+,42-,43-/m1/s1. The van der Waals surface area contributed by atoms with Crippen LogP contribution in [-0.4, -0.2) is 147 Å². The van der Waals surface area contributed by atoms with E-state index in [1.165, 1.54) is 18.9 Å². The van der Waals surface area contributed by atoms with Crippen LogP contribution in [0.1, 0.15) is 80.6 Å². The van der Waals surface area contributed by atoms with Crippen molar-refractivity contribution in [2.75, 3.05) is 34.4 Å². The molecular formula is C43H65N5O11. The molecule has 3 fully saturated rings. The fraction of sp³-hybridized carbons (Fsp3) is 0.721. The molecule has 328 valence electrons. The van der Waals surface area contributed by atoms with E-state index in [2.05, 4.69) is 9.97 Å². The van der Waals surface area contributed by atoms with Gasteiger partial charge in [0.25, 0.3) is 0 Å². The second kappa shape index (κ2) is 19.3. The third-order valence-corrected chi connectivity index (χ3v) is 12.9. The molecule has 1 amide bonds. The van der Waals surface area contributed by atoms with Gasteiger partial charge in [-0.1, -0.05) is 27.7 Å². The van der Waals surface area contributed by atoms with Gasteiger partial charge in [-0.2, -0.15) is 0 Å². The van der Waals surface area contributed by atoms with E-state index in [1.807, 2.05) is 48.8 Å². The van der Waals surface area contributed by atoms with Crippen LogP contribution in [0.2, 0.25) is 0 Å². The van der Waals surface area contributed by atoms with Crippen molar-refractivity contribution in [3.8, 4) is 11.3 Å². The first-order valence-corrected chi connectivity index (χ1v) is 20.9. The summed E-state index contributed by atoms with van der Waals surface area (Å²) in [5.41, 5.74) is -1.44. The molecule has 0 saturated carbocycles. The van der Waals surface area contributed by atoms with Crippen molar-refractivity contribution < 1.29 is 53.1 Å². The Balaban J connectivity index is 1.46. The fourth-order valence-electron chi connectivity index (χ4n) is 9.44. The van der Waals surface area contributed by atoms with Gasteiger partial charge in [-0.05, 0) is 79.1 Å². The third kappa shape index (κ3) is 9.57. The Morgan fingerprint density at radius 3 is 2.37 bits per heavy atom. The zero-order valence-corrected chi connectivity index (χ0v) is 36.3. The summed E-state index contributed by atoms with van der Waals surface area (Å²) in [5, 5.41) is 22.6. The number of aliphatic hydroxyl groups excluding tert-OH is 2. The van der Waals surface area contributed by atoms with E-state index in [-0.39, 0.29) is 37.3 Å². The first-order valence-electron chi connectivity index (χ1n) is 20.9. The van der Waals surface area contributed by atoms with Gasteiger partial charge in [-0.3, -0.25) is 19.4 Å². The number of carbonyl (C=O) groups excluding carboxylic acids is 4. The summed E-state index contributed by atoms with van der Waals surface area (Å²) in [4.78, 5) is 69.0. The number of carbonyl (C=O) groups is 4. The van der Waals surface area contributed by atoms with E-state index in [0.717, 1.165) is 11.3 Å². The van der Waals surface area contributed by atoms with Gasteiger partial charge in [0.1, 0.15) is 23.9 Å². The normalized spacial score (nSPS) is 36.3. The number of ketones is 2. The molecule has 3 aliphatic rings. The number of hydrogen-bond donors (Lipinski definition) is 2. The Hall–Kier alpha value is -3.80. The lowest BCUT2D eigenvalue weighted by Crippen LogP contribution is -2.62. The van der Waals surface area contributed by atoms with Gasteiger partial charge in [0.2, 0.25) is 0 Å². The molecule has 3 saturated heterocycles. The molecule has 0 bridgehead atoms. The van der Waals surface area contributed by atoms with Crippen LogP contribution < -0.4 is 0 Å². The number of hydrogen-bond acceptors (Lipinski definition) is 14. The van der Waals surface area contributed by atoms with E-state index in [0.29, 0.717) is 25.8 Å². The summed E-state index contributed by atoms with van der Waals surface area (Å²) in [5.74, 6) is -5.58. The van der Waals surface area contributed by atoms with Gasteiger partial charge >= 0.3 is 12.1 Å². The topological polar surface area (TPSA) is 192 Å². The Kier molecular flexibility index (Phi) is 15.1. The van der Waals surface area contributed by atoms with Gasteiger partial charge in [0, 0.05) is 68.1 Å². The van der Waals surface area contributed by atoms with Crippen LogP contribution in [0.25, 0.3) is 11.3 Å². The lowest BCUT2D eigenvalue weighted by Gasteiger charge is -2.47. The quantitative estimate of drug-likeness (QED) is 0.178. The highest BCUT2D eigenvalue weighted by molar-refractivity contribution is 6.00. The van der Waals surface area contributed by atoms with Gasteiger partial charge in [-0.25, -0.2) is 9.78 Å². The number of unbranched alkanes of at least 4 members (excludes halogenated alkanes) is 1. The molecule has 2 aromatic rings. The van der Waals surface area contributed by atoms with Gasteiger partial charge in [0.15, 0.2) is 17.7 Å². The summed E-state index contributed by atoms with van der Waals surface area (Å²) in [6, 6.07) is 2.45. The Labute approximate surface area is 347 Å². The van der Waals surface area contributed by atoms with Gasteiger partial charge < -0.3 is 48.3 Å². The van der Waals surface area contributed by atoms with E-state index < -0.39 is 90.0 Å². The maximum absolute atomic E-state index is 14.7. The van der Waals surface area contributed by atoms with Crippen LogP contribution in [0.15, 0.2) is 37.1 Å². The number of ether oxygens (including phenoxy) is 5. The Morgan fingerprint density at radius 1 is 1.03 bits per heavy atom. The zero-order chi connectivity index (χ0) is 43.4. The van der Waals surface area contributed by atoms with Crippen molar-refractivity contribution in [3.05, 3.63) is 37.1 Å². The maximum Gasteiger partial charge on any atom is 0.411 e. The van der Waals surface area contributed by atoms with Crippen molar-refractivity contribution in [1.29, 1.82) is 0 Å². The molecule has 3 aliphatic heterocycles. The smallest absolute Gasteiger partial charge is 0.411 e. The minimum absolute atomic E-state index is 0.0695. The highest BCUT2D eigenvalue weighted by Gasteiger charge is 2.62. The lowest BCUT2D eigenvalue weighted by molar-refractivity contribution is -0.295. The lowest BCUT2D eigenvalue weighted by atomic mass is 9.73. The summed E-state index contributed by atoms with van der Waals surface area (Å²) >= 11 is 0. The van der Waals surface area contributed by atoms with Crippen LogP contribution in [0, 0.1) is 23.7 Å². The number of pyridine rings is 1. The van der Waals surface area contributed by atoms with E-state index >= 15 is 0 Å². The molecule has 16 heteroatoms. The van der Waals surface area contributed by atoms with Crippen LogP contribution in [0.3, 0.4) is 0 Å². The van der Waals surface area contributed by atoms with Crippen LogP contribution in [-0.2, 0) is 44.6 Å². The Bertz CT molecular complexity index is 1760. The predicted octanol–water partition coefficient (Wildman–Crippen LogP) is 3.90. The second-order valence-electron chi connectivity index (χ2n) is 17.3. The molecule has 5 heterocycles. The fourth-order valence-corrected chi connectivity index (χ4v) is 9.44. The van der Waals surface area contributed by atoms with Crippen LogP contribution in [0.4, 0.5) is 4.79 Å². The molecule has 2 N–H and O–H groups in total. The number of fused-ring (bicyclic) bond motifs is 1. The number of amides is 1. The number of aryl methyl sites for hydroxylation is 1. The van der Waals surface area contributed by atoms with Crippen molar-refractivity contribution in [3.63, 3.8) is 0 Å². The monoisotopic (exact) mass is 827 g/mol. The number of aromatic nitrogens is 3. The SMILES string of the molecule is CC[C@H]1OC(=O)[C@H](C)C(=O)[C@H](C)[C@@H](O[C@@H]2O[C@H](C)C[C@H](N(C)C)[C@H]2O)[C@](C)(OC)C[C@@H](C)C(=O)[C@H](C)[C@H]2N(CCCCn3cnc(-c4cccnc4)c3)C(=O)O[C@]12CO. The molecule has 59 heavy (non-hydrogen) atoms. The first kappa shape index (κ1) is 46.3. The number of imidazole rings is 1.